The highest BCUT2D eigenvalue weighted by molar-refractivity contribution is 9.10. The van der Waals surface area contributed by atoms with Crippen LogP contribution in [-0.2, 0) is 0 Å². The first-order valence-electron chi connectivity index (χ1n) is 6.11. The number of hydrogen-bond donors (Lipinski definition) is 0. The van der Waals surface area contributed by atoms with Gasteiger partial charge in [0.25, 0.3) is 0 Å². The Bertz CT molecular complexity index is 352. The monoisotopic (exact) mass is 318 g/mol. The predicted octanol–water partition coefficient (Wildman–Crippen LogP) is 5.56. The first kappa shape index (κ1) is 14.8. The SMILES string of the molecule is CCOc1ccc(Br)cc1C(Cl)CCC(C)C. The molecule has 0 spiro atoms. The van der Waals surface area contributed by atoms with Gasteiger partial charge in [-0.05, 0) is 43.9 Å². The van der Waals surface area contributed by atoms with Crippen LogP contribution in [0.1, 0.15) is 44.6 Å². The molecule has 1 rings (SSSR count). The maximum atomic E-state index is 6.46. The van der Waals surface area contributed by atoms with E-state index in [0.29, 0.717) is 12.5 Å². The summed E-state index contributed by atoms with van der Waals surface area (Å²) < 4.78 is 6.66. The smallest absolute Gasteiger partial charge is 0.124 e. The molecule has 0 aliphatic rings. The minimum absolute atomic E-state index is 0.0245. The molecule has 0 aromatic heterocycles. The minimum Gasteiger partial charge on any atom is -0.494 e. The Balaban J connectivity index is 2.81. The molecule has 0 N–H and O–H groups in total. The highest BCUT2D eigenvalue weighted by Crippen LogP contribution is 2.35. The maximum absolute atomic E-state index is 6.46. The molecule has 0 heterocycles. The first-order chi connectivity index (χ1) is 8.04. The second-order valence-electron chi connectivity index (χ2n) is 4.55. The zero-order valence-corrected chi connectivity index (χ0v) is 13.0. The predicted molar refractivity (Wildman–Crippen MR) is 78.0 cm³/mol. The van der Waals surface area contributed by atoms with Gasteiger partial charge in [-0.1, -0.05) is 29.8 Å². The van der Waals surface area contributed by atoms with Gasteiger partial charge < -0.3 is 4.74 Å². The Labute approximate surface area is 118 Å². The molecule has 17 heavy (non-hydrogen) atoms. The van der Waals surface area contributed by atoms with E-state index in [-0.39, 0.29) is 5.38 Å². The summed E-state index contributed by atoms with van der Waals surface area (Å²) in [6, 6.07) is 6.03. The molecule has 3 heteroatoms. The molecular weight excluding hydrogens is 300 g/mol. The normalized spacial score (nSPS) is 12.8. The van der Waals surface area contributed by atoms with Crippen molar-refractivity contribution < 1.29 is 4.74 Å². The van der Waals surface area contributed by atoms with Crippen LogP contribution >= 0.6 is 27.5 Å². The van der Waals surface area contributed by atoms with Crippen LogP contribution in [0.4, 0.5) is 0 Å². The Morgan fingerprint density at radius 3 is 2.59 bits per heavy atom. The summed E-state index contributed by atoms with van der Waals surface area (Å²) in [5.74, 6) is 1.58. The molecule has 0 bridgehead atoms. The molecule has 0 radical (unpaired) electrons. The fourth-order valence-electron chi connectivity index (χ4n) is 1.69. The van der Waals surface area contributed by atoms with Crippen molar-refractivity contribution >= 4 is 27.5 Å². The molecule has 1 unspecified atom stereocenters. The van der Waals surface area contributed by atoms with Crippen LogP contribution in [0.3, 0.4) is 0 Å². The van der Waals surface area contributed by atoms with Gasteiger partial charge in [-0.25, -0.2) is 0 Å². The largest absolute Gasteiger partial charge is 0.494 e. The highest BCUT2D eigenvalue weighted by atomic mass is 79.9. The summed E-state index contributed by atoms with van der Waals surface area (Å²) in [6.45, 7) is 7.09. The molecule has 1 atom stereocenters. The van der Waals surface area contributed by atoms with Gasteiger partial charge in [0.1, 0.15) is 5.75 Å². The van der Waals surface area contributed by atoms with Gasteiger partial charge in [-0.15, -0.1) is 11.6 Å². The van der Waals surface area contributed by atoms with Gasteiger partial charge in [-0.3, -0.25) is 0 Å². The molecular formula is C14H20BrClO. The first-order valence-corrected chi connectivity index (χ1v) is 7.33. The van der Waals surface area contributed by atoms with E-state index < -0.39 is 0 Å². The minimum atomic E-state index is 0.0245. The van der Waals surface area contributed by atoms with Gasteiger partial charge in [0.2, 0.25) is 0 Å². The summed E-state index contributed by atoms with van der Waals surface area (Å²) in [7, 11) is 0. The highest BCUT2D eigenvalue weighted by Gasteiger charge is 2.14. The van der Waals surface area contributed by atoms with Crippen molar-refractivity contribution in [2.75, 3.05) is 6.61 Å². The van der Waals surface area contributed by atoms with E-state index in [2.05, 4.69) is 35.8 Å². The van der Waals surface area contributed by atoms with Gasteiger partial charge in [0, 0.05) is 10.0 Å². The second kappa shape index (κ2) is 7.27. The van der Waals surface area contributed by atoms with Crippen molar-refractivity contribution in [3.63, 3.8) is 0 Å². The third-order valence-corrected chi connectivity index (χ3v) is 3.55. The standard InChI is InChI=1S/C14H20BrClO/c1-4-17-14-8-6-11(15)9-12(14)13(16)7-5-10(2)3/h6,8-10,13H,4-5,7H2,1-3H3. The van der Waals surface area contributed by atoms with Crippen molar-refractivity contribution in [3.8, 4) is 5.75 Å². The van der Waals surface area contributed by atoms with Gasteiger partial charge in [0.05, 0.1) is 12.0 Å². The van der Waals surface area contributed by atoms with Crippen molar-refractivity contribution in [1.29, 1.82) is 0 Å². The van der Waals surface area contributed by atoms with E-state index in [4.69, 9.17) is 16.3 Å². The lowest BCUT2D eigenvalue weighted by atomic mass is 10.0. The summed E-state index contributed by atoms with van der Waals surface area (Å²) in [4.78, 5) is 0. The molecule has 1 aromatic carbocycles. The van der Waals surface area contributed by atoms with Crippen molar-refractivity contribution in [3.05, 3.63) is 28.2 Å². The lowest BCUT2D eigenvalue weighted by Gasteiger charge is -2.16. The lowest BCUT2D eigenvalue weighted by molar-refractivity contribution is 0.335. The maximum Gasteiger partial charge on any atom is 0.124 e. The quantitative estimate of drug-likeness (QED) is 0.623. The molecule has 96 valence electrons. The van der Waals surface area contributed by atoms with Crippen LogP contribution in [-0.4, -0.2) is 6.61 Å². The van der Waals surface area contributed by atoms with E-state index in [1.54, 1.807) is 0 Å². The van der Waals surface area contributed by atoms with Crippen LogP contribution in [0.15, 0.2) is 22.7 Å². The van der Waals surface area contributed by atoms with E-state index in [1.165, 1.54) is 0 Å². The van der Waals surface area contributed by atoms with Crippen LogP contribution in [0.5, 0.6) is 5.75 Å². The summed E-state index contributed by atoms with van der Waals surface area (Å²) in [6.07, 6.45) is 2.11. The van der Waals surface area contributed by atoms with Gasteiger partial charge in [0.15, 0.2) is 0 Å². The van der Waals surface area contributed by atoms with E-state index in [0.717, 1.165) is 28.6 Å². The van der Waals surface area contributed by atoms with Crippen LogP contribution in [0.25, 0.3) is 0 Å². The zero-order chi connectivity index (χ0) is 12.8. The van der Waals surface area contributed by atoms with Gasteiger partial charge in [-0.2, -0.15) is 0 Å². The number of halogens is 2. The number of benzene rings is 1. The van der Waals surface area contributed by atoms with Crippen molar-refractivity contribution in [2.24, 2.45) is 5.92 Å². The molecule has 0 fully saturated rings. The summed E-state index contributed by atoms with van der Waals surface area (Å²) >= 11 is 9.94. The van der Waals surface area contributed by atoms with Crippen LogP contribution < -0.4 is 4.74 Å². The third kappa shape index (κ3) is 4.89. The molecule has 0 amide bonds. The number of hydrogen-bond acceptors (Lipinski definition) is 1. The molecule has 0 saturated heterocycles. The van der Waals surface area contributed by atoms with Crippen LogP contribution in [0, 0.1) is 5.92 Å². The molecule has 0 aliphatic heterocycles. The number of alkyl halides is 1. The average molecular weight is 320 g/mol. The Morgan fingerprint density at radius 1 is 1.29 bits per heavy atom. The van der Waals surface area contributed by atoms with Crippen molar-refractivity contribution in [2.45, 2.75) is 39.0 Å². The van der Waals surface area contributed by atoms with E-state index in [9.17, 15) is 0 Å². The fourth-order valence-corrected chi connectivity index (χ4v) is 2.36. The third-order valence-electron chi connectivity index (χ3n) is 2.61. The summed E-state index contributed by atoms with van der Waals surface area (Å²) in [5.41, 5.74) is 1.09. The number of ether oxygens (including phenoxy) is 1. The average Bonchev–Trinajstić information content (AvgIpc) is 2.28. The fraction of sp³-hybridized carbons (Fsp3) is 0.571. The van der Waals surface area contributed by atoms with Gasteiger partial charge >= 0.3 is 0 Å². The number of rotatable bonds is 6. The Kier molecular flexibility index (Phi) is 6.35. The van der Waals surface area contributed by atoms with E-state index >= 15 is 0 Å². The Morgan fingerprint density at radius 2 is 2.00 bits per heavy atom. The Hall–Kier alpha value is -0.210. The topological polar surface area (TPSA) is 9.23 Å². The lowest BCUT2D eigenvalue weighted by Crippen LogP contribution is -2.00. The molecule has 1 aromatic rings. The zero-order valence-electron chi connectivity index (χ0n) is 10.7. The molecule has 0 saturated carbocycles. The van der Waals surface area contributed by atoms with Crippen molar-refractivity contribution in [1.82, 2.24) is 0 Å². The second-order valence-corrected chi connectivity index (χ2v) is 6.00. The van der Waals surface area contributed by atoms with E-state index in [1.807, 2.05) is 19.1 Å². The molecule has 1 nitrogen and oxygen atoms in total. The summed E-state index contributed by atoms with van der Waals surface area (Å²) in [5, 5.41) is 0.0245. The van der Waals surface area contributed by atoms with Crippen LogP contribution in [0.2, 0.25) is 0 Å². The molecule has 0 aliphatic carbocycles.